The van der Waals surface area contributed by atoms with Gasteiger partial charge in [0, 0.05) is 29.9 Å². The average Bonchev–Trinajstić information content (AvgIpc) is 2.86. The molecule has 0 aromatic carbocycles. The fourth-order valence-electron chi connectivity index (χ4n) is 1.90. The van der Waals surface area contributed by atoms with Gasteiger partial charge in [-0.15, -0.1) is 11.3 Å². The number of aryl methyl sites for hydroxylation is 3. The first kappa shape index (κ1) is 13.8. The highest BCUT2D eigenvalue weighted by Gasteiger charge is 2.11. The maximum absolute atomic E-state index is 4.49. The van der Waals surface area contributed by atoms with Gasteiger partial charge in [-0.2, -0.15) is 5.10 Å². The van der Waals surface area contributed by atoms with Gasteiger partial charge in [-0.25, -0.2) is 0 Å². The molecule has 98 valence electrons. The molecule has 0 radical (unpaired) electrons. The lowest BCUT2D eigenvalue weighted by Crippen LogP contribution is -2.14. The van der Waals surface area contributed by atoms with Crippen LogP contribution in [0.4, 0.5) is 0 Å². The summed E-state index contributed by atoms with van der Waals surface area (Å²) in [6.07, 6.45) is 0.957. The standard InChI is InChI=1S/C13H18BrN3S/c1-4-11-13(14)12(17(3)16-11)8-15-7-10-6-5-9(2)18-10/h5-6,15H,4,7-8H2,1-3H3. The van der Waals surface area contributed by atoms with Gasteiger partial charge in [-0.3, -0.25) is 4.68 Å². The van der Waals surface area contributed by atoms with Crippen molar-refractivity contribution in [1.29, 1.82) is 0 Å². The Bertz CT molecular complexity index is 530. The molecule has 18 heavy (non-hydrogen) atoms. The van der Waals surface area contributed by atoms with E-state index < -0.39 is 0 Å². The Labute approximate surface area is 120 Å². The van der Waals surface area contributed by atoms with Crippen molar-refractivity contribution >= 4 is 27.3 Å². The lowest BCUT2D eigenvalue weighted by molar-refractivity contribution is 0.625. The van der Waals surface area contributed by atoms with E-state index in [1.54, 1.807) is 0 Å². The third-order valence-corrected chi connectivity index (χ3v) is 4.81. The van der Waals surface area contributed by atoms with Gasteiger partial charge in [0.05, 0.1) is 15.9 Å². The molecule has 0 aliphatic heterocycles. The van der Waals surface area contributed by atoms with Gasteiger partial charge in [-0.1, -0.05) is 6.92 Å². The van der Waals surface area contributed by atoms with Gasteiger partial charge in [-0.05, 0) is 41.4 Å². The first-order chi connectivity index (χ1) is 8.61. The number of rotatable bonds is 5. The van der Waals surface area contributed by atoms with Crippen LogP contribution in [0.25, 0.3) is 0 Å². The van der Waals surface area contributed by atoms with Gasteiger partial charge < -0.3 is 5.32 Å². The van der Waals surface area contributed by atoms with Crippen LogP contribution in [0.2, 0.25) is 0 Å². The summed E-state index contributed by atoms with van der Waals surface area (Å²) in [4.78, 5) is 2.74. The van der Waals surface area contributed by atoms with E-state index in [1.807, 2.05) is 23.1 Å². The zero-order valence-corrected chi connectivity index (χ0v) is 13.4. The monoisotopic (exact) mass is 327 g/mol. The number of nitrogens with zero attached hydrogens (tertiary/aromatic N) is 2. The molecule has 0 fully saturated rings. The van der Waals surface area contributed by atoms with E-state index in [2.05, 4.69) is 52.3 Å². The molecule has 0 spiro atoms. The normalized spacial score (nSPS) is 11.1. The third-order valence-electron chi connectivity index (χ3n) is 2.89. The van der Waals surface area contributed by atoms with E-state index in [9.17, 15) is 0 Å². The highest BCUT2D eigenvalue weighted by Crippen LogP contribution is 2.21. The second-order valence-corrected chi connectivity index (χ2v) is 6.47. The van der Waals surface area contributed by atoms with Crippen LogP contribution in [0.5, 0.6) is 0 Å². The first-order valence-corrected chi connectivity index (χ1v) is 7.69. The van der Waals surface area contributed by atoms with Crippen molar-refractivity contribution in [2.45, 2.75) is 33.4 Å². The van der Waals surface area contributed by atoms with Crippen LogP contribution in [-0.2, 0) is 26.6 Å². The Kier molecular flexibility index (Phi) is 4.59. The van der Waals surface area contributed by atoms with Crippen LogP contribution in [0.1, 0.15) is 28.1 Å². The molecule has 0 aliphatic carbocycles. The molecule has 0 amide bonds. The van der Waals surface area contributed by atoms with Crippen LogP contribution < -0.4 is 5.32 Å². The van der Waals surface area contributed by atoms with Crippen LogP contribution in [0.15, 0.2) is 16.6 Å². The van der Waals surface area contributed by atoms with E-state index in [1.165, 1.54) is 15.4 Å². The molecule has 3 nitrogen and oxygen atoms in total. The largest absolute Gasteiger partial charge is 0.306 e. The minimum Gasteiger partial charge on any atom is -0.306 e. The zero-order valence-electron chi connectivity index (χ0n) is 11.0. The fraction of sp³-hybridized carbons (Fsp3) is 0.462. The van der Waals surface area contributed by atoms with Crippen molar-refractivity contribution in [3.63, 3.8) is 0 Å². The van der Waals surface area contributed by atoms with Gasteiger partial charge in [0.1, 0.15) is 0 Å². The maximum atomic E-state index is 4.49. The molecule has 1 N–H and O–H groups in total. The Morgan fingerprint density at radius 2 is 2.17 bits per heavy atom. The number of thiophene rings is 1. The Morgan fingerprint density at radius 3 is 2.72 bits per heavy atom. The van der Waals surface area contributed by atoms with Crippen LogP contribution in [0.3, 0.4) is 0 Å². The predicted octanol–water partition coefficient (Wildman–Crippen LogP) is 3.40. The molecule has 0 unspecified atom stereocenters. The lowest BCUT2D eigenvalue weighted by Gasteiger charge is -2.04. The Hall–Kier alpha value is -0.650. The van der Waals surface area contributed by atoms with E-state index >= 15 is 0 Å². The number of halogens is 1. The molecule has 2 aromatic rings. The van der Waals surface area contributed by atoms with Crippen LogP contribution in [0, 0.1) is 6.92 Å². The van der Waals surface area contributed by atoms with Gasteiger partial charge in [0.25, 0.3) is 0 Å². The van der Waals surface area contributed by atoms with E-state index in [-0.39, 0.29) is 0 Å². The minimum absolute atomic E-state index is 0.834. The summed E-state index contributed by atoms with van der Waals surface area (Å²) in [5.41, 5.74) is 2.33. The smallest absolute Gasteiger partial charge is 0.0767 e. The highest BCUT2D eigenvalue weighted by molar-refractivity contribution is 9.10. The summed E-state index contributed by atoms with van der Waals surface area (Å²) in [6.45, 7) is 6.01. The topological polar surface area (TPSA) is 29.9 Å². The van der Waals surface area contributed by atoms with Crippen molar-refractivity contribution < 1.29 is 0 Å². The molecule has 2 heterocycles. The van der Waals surface area contributed by atoms with E-state index in [0.29, 0.717) is 0 Å². The molecular formula is C13H18BrN3S. The summed E-state index contributed by atoms with van der Waals surface area (Å²) in [7, 11) is 2.00. The van der Waals surface area contributed by atoms with Crippen LogP contribution in [-0.4, -0.2) is 9.78 Å². The molecule has 2 aromatic heterocycles. The lowest BCUT2D eigenvalue weighted by atomic mass is 10.3. The number of nitrogens with one attached hydrogen (secondary N) is 1. The van der Waals surface area contributed by atoms with Crippen molar-refractivity contribution in [2.75, 3.05) is 0 Å². The average molecular weight is 328 g/mol. The Balaban J connectivity index is 1.96. The maximum Gasteiger partial charge on any atom is 0.0767 e. The summed E-state index contributed by atoms with van der Waals surface area (Å²) >= 11 is 5.48. The molecule has 0 saturated carbocycles. The molecule has 0 aliphatic rings. The SMILES string of the molecule is CCc1nn(C)c(CNCc2ccc(C)s2)c1Br. The van der Waals surface area contributed by atoms with Crippen molar-refractivity contribution in [2.24, 2.45) is 7.05 Å². The fourth-order valence-corrected chi connectivity index (χ4v) is 3.51. The highest BCUT2D eigenvalue weighted by atomic mass is 79.9. The molecule has 2 rings (SSSR count). The van der Waals surface area contributed by atoms with Gasteiger partial charge in [0.15, 0.2) is 0 Å². The molecule has 0 bridgehead atoms. The van der Waals surface area contributed by atoms with Gasteiger partial charge in [0.2, 0.25) is 0 Å². The second-order valence-electron chi connectivity index (χ2n) is 4.30. The number of hydrogen-bond donors (Lipinski definition) is 1. The first-order valence-electron chi connectivity index (χ1n) is 6.08. The van der Waals surface area contributed by atoms with E-state index in [4.69, 9.17) is 0 Å². The molecular weight excluding hydrogens is 310 g/mol. The van der Waals surface area contributed by atoms with E-state index in [0.717, 1.165) is 29.7 Å². The van der Waals surface area contributed by atoms with Crippen LogP contribution >= 0.6 is 27.3 Å². The quantitative estimate of drug-likeness (QED) is 0.912. The third kappa shape index (κ3) is 3.02. The molecule has 0 saturated heterocycles. The number of hydrogen-bond acceptors (Lipinski definition) is 3. The second kappa shape index (κ2) is 5.99. The van der Waals surface area contributed by atoms with Crippen molar-refractivity contribution in [1.82, 2.24) is 15.1 Å². The number of aromatic nitrogens is 2. The minimum atomic E-state index is 0.834. The predicted molar refractivity (Wildman–Crippen MR) is 79.9 cm³/mol. The summed E-state index contributed by atoms with van der Waals surface area (Å²) in [5.74, 6) is 0. The summed E-state index contributed by atoms with van der Waals surface area (Å²) in [6, 6.07) is 4.35. The van der Waals surface area contributed by atoms with Gasteiger partial charge >= 0.3 is 0 Å². The summed E-state index contributed by atoms with van der Waals surface area (Å²) in [5, 5.41) is 7.96. The Morgan fingerprint density at radius 1 is 1.39 bits per heavy atom. The van der Waals surface area contributed by atoms with Crippen molar-refractivity contribution in [3.05, 3.63) is 37.7 Å². The van der Waals surface area contributed by atoms with Crippen molar-refractivity contribution in [3.8, 4) is 0 Å². The molecule has 5 heteroatoms. The summed E-state index contributed by atoms with van der Waals surface area (Å²) < 4.78 is 3.10. The molecule has 0 atom stereocenters. The zero-order chi connectivity index (χ0) is 13.1.